The van der Waals surface area contributed by atoms with E-state index in [9.17, 15) is 8.78 Å². The van der Waals surface area contributed by atoms with Crippen molar-refractivity contribution in [2.24, 2.45) is 7.05 Å². The van der Waals surface area contributed by atoms with Crippen LogP contribution in [0.25, 0.3) is 11.2 Å². The van der Waals surface area contributed by atoms with Gasteiger partial charge in [-0.05, 0) is 25.1 Å². The van der Waals surface area contributed by atoms with Gasteiger partial charge in [0, 0.05) is 12.6 Å². The zero-order valence-electron chi connectivity index (χ0n) is 11.1. The molecule has 0 atom stereocenters. The summed E-state index contributed by atoms with van der Waals surface area (Å²) in [6.45, 7) is 1.92. The van der Waals surface area contributed by atoms with E-state index in [0.717, 1.165) is 23.9 Å². The van der Waals surface area contributed by atoms with Crippen LogP contribution in [-0.2, 0) is 13.6 Å². The number of halogens is 2. The van der Waals surface area contributed by atoms with Crippen LogP contribution in [0.3, 0.4) is 0 Å². The second-order valence-electron chi connectivity index (χ2n) is 4.67. The number of nitrogens with two attached hydrogens (primary N) is 1. The summed E-state index contributed by atoms with van der Waals surface area (Å²) in [7, 11) is 1.76. The maximum absolute atomic E-state index is 13.7. The van der Waals surface area contributed by atoms with Crippen LogP contribution >= 0.6 is 0 Å². The minimum Gasteiger partial charge on any atom is -0.369 e. The highest BCUT2D eigenvalue weighted by molar-refractivity contribution is 5.77. The molecule has 2 heterocycles. The lowest BCUT2D eigenvalue weighted by atomic mass is 10.2. The molecule has 20 heavy (non-hydrogen) atoms. The Morgan fingerprint density at radius 2 is 2.05 bits per heavy atom. The molecule has 104 valence electrons. The topological polar surface area (TPSA) is 61.7 Å². The van der Waals surface area contributed by atoms with E-state index in [-0.39, 0.29) is 18.1 Å². The van der Waals surface area contributed by atoms with Gasteiger partial charge in [-0.25, -0.2) is 13.8 Å². The molecule has 0 radical (unpaired) electrons. The molecule has 0 spiro atoms. The third-order valence-electron chi connectivity index (χ3n) is 3.26. The maximum atomic E-state index is 13.7. The fraction of sp³-hybridized carbons (Fsp3) is 0.231. The van der Waals surface area contributed by atoms with E-state index in [1.165, 1.54) is 0 Å². The fourth-order valence-electron chi connectivity index (χ4n) is 2.34. The maximum Gasteiger partial charge on any atom is 0.202 e. The minimum absolute atomic E-state index is 0.102. The Hall–Kier alpha value is -2.44. The number of nitrogens with zero attached hydrogens (tertiary/aromatic N) is 4. The molecule has 2 aromatic heterocycles. The highest BCUT2D eigenvalue weighted by Gasteiger charge is 2.17. The molecule has 0 saturated carbocycles. The molecule has 0 unspecified atom stereocenters. The second kappa shape index (κ2) is 4.29. The summed E-state index contributed by atoms with van der Waals surface area (Å²) in [5.41, 5.74) is 8.18. The molecule has 0 aliphatic carbocycles. The molecule has 1 aromatic carbocycles. The van der Waals surface area contributed by atoms with E-state index in [4.69, 9.17) is 5.73 Å². The van der Waals surface area contributed by atoms with Gasteiger partial charge >= 0.3 is 0 Å². The summed E-state index contributed by atoms with van der Waals surface area (Å²) in [6.07, 6.45) is 0. The Morgan fingerprint density at radius 1 is 1.30 bits per heavy atom. The van der Waals surface area contributed by atoms with Crippen molar-refractivity contribution in [1.82, 2.24) is 19.3 Å². The molecule has 5 nitrogen and oxygen atoms in total. The van der Waals surface area contributed by atoms with E-state index in [1.807, 2.05) is 6.92 Å². The number of nitrogen functional groups attached to an aromatic ring is 1. The number of hydrogen-bond acceptors (Lipinski definition) is 3. The molecule has 3 rings (SSSR count). The average Bonchev–Trinajstić information content (AvgIpc) is 2.84. The van der Waals surface area contributed by atoms with E-state index < -0.39 is 11.6 Å². The van der Waals surface area contributed by atoms with E-state index >= 15 is 0 Å². The lowest BCUT2D eigenvalue weighted by molar-refractivity contribution is 0.577. The Kier molecular flexibility index (Phi) is 2.70. The Labute approximate surface area is 113 Å². The quantitative estimate of drug-likeness (QED) is 0.779. The number of benzene rings is 1. The number of aryl methyl sites for hydroxylation is 2. The first-order valence-electron chi connectivity index (χ1n) is 6.06. The van der Waals surface area contributed by atoms with Gasteiger partial charge in [-0.3, -0.25) is 9.25 Å². The van der Waals surface area contributed by atoms with Crippen molar-refractivity contribution in [2.45, 2.75) is 13.5 Å². The van der Waals surface area contributed by atoms with Crippen molar-refractivity contribution in [2.75, 3.05) is 5.73 Å². The number of imidazole rings is 1. The van der Waals surface area contributed by atoms with Crippen LogP contribution in [0.1, 0.15) is 11.3 Å². The first-order valence-corrected chi connectivity index (χ1v) is 6.06. The van der Waals surface area contributed by atoms with Crippen LogP contribution in [0.5, 0.6) is 0 Å². The Morgan fingerprint density at radius 3 is 2.80 bits per heavy atom. The predicted octanol–water partition coefficient (Wildman–Crippen LogP) is 1.99. The van der Waals surface area contributed by atoms with Gasteiger partial charge in [0.15, 0.2) is 5.65 Å². The SMILES string of the molecule is Cc1nn(C)c2c1nc(N)n2Cc1cc(F)ccc1F. The number of hydrogen-bond donors (Lipinski definition) is 1. The summed E-state index contributed by atoms with van der Waals surface area (Å²) in [5.74, 6) is -0.719. The highest BCUT2D eigenvalue weighted by Crippen LogP contribution is 2.22. The molecule has 0 fully saturated rings. The molecule has 2 N–H and O–H groups in total. The number of anilines is 1. The van der Waals surface area contributed by atoms with Crippen molar-refractivity contribution >= 4 is 17.1 Å². The number of fused-ring (bicyclic) bond motifs is 1. The van der Waals surface area contributed by atoms with Crippen molar-refractivity contribution < 1.29 is 8.78 Å². The standard InChI is InChI=1S/C13H13F2N5/c1-7-11-12(19(2)18-7)20(13(16)17-11)6-8-5-9(14)3-4-10(8)15/h3-5H,6H2,1-2H3,(H2,16,17). The molecular weight excluding hydrogens is 264 g/mol. The third kappa shape index (κ3) is 1.82. The molecule has 0 saturated heterocycles. The minimum atomic E-state index is -0.488. The second-order valence-corrected chi connectivity index (χ2v) is 4.67. The third-order valence-corrected chi connectivity index (χ3v) is 3.26. The van der Waals surface area contributed by atoms with Crippen LogP contribution in [0.15, 0.2) is 18.2 Å². The largest absolute Gasteiger partial charge is 0.369 e. The molecule has 0 bridgehead atoms. The summed E-state index contributed by atoms with van der Waals surface area (Å²) in [4.78, 5) is 4.22. The first-order chi connectivity index (χ1) is 9.47. The normalized spacial score (nSPS) is 11.4. The van der Waals surface area contributed by atoms with Crippen molar-refractivity contribution in [3.8, 4) is 0 Å². The molecule has 0 amide bonds. The van der Waals surface area contributed by atoms with E-state index in [0.29, 0.717) is 11.2 Å². The van der Waals surface area contributed by atoms with Gasteiger partial charge in [0.1, 0.15) is 17.2 Å². The van der Waals surface area contributed by atoms with Gasteiger partial charge in [0.05, 0.1) is 12.2 Å². The molecule has 7 heteroatoms. The molecule has 0 aliphatic rings. The highest BCUT2D eigenvalue weighted by atomic mass is 19.1. The van der Waals surface area contributed by atoms with Gasteiger partial charge in [-0.2, -0.15) is 5.10 Å². The summed E-state index contributed by atoms with van der Waals surface area (Å²) >= 11 is 0. The number of rotatable bonds is 2. The van der Waals surface area contributed by atoms with Crippen LogP contribution in [-0.4, -0.2) is 19.3 Å². The van der Waals surface area contributed by atoms with Gasteiger partial charge in [0.2, 0.25) is 5.95 Å². The monoisotopic (exact) mass is 277 g/mol. The summed E-state index contributed by atoms with van der Waals surface area (Å²) in [5, 5.41) is 4.24. The predicted molar refractivity (Wildman–Crippen MR) is 71.1 cm³/mol. The van der Waals surface area contributed by atoms with Crippen LogP contribution in [0, 0.1) is 18.6 Å². The lowest BCUT2D eigenvalue weighted by Crippen LogP contribution is -2.09. The van der Waals surface area contributed by atoms with E-state index in [2.05, 4.69) is 10.1 Å². The zero-order valence-corrected chi connectivity index (χ0v) is 11.1. The van der Waals surface area contributed by atoms with Crippen molar-refractivity contribution in [3.05, 3.63) is 41.1 Å². The lowest BCUT2D eigenvalue weighted by Gasteiger charge is -2.08. The van der Waals surface area contributed by atoms with Crippen LogP contribution in [0.4, 0.5) is 14.7 Å². The van der Waals surface area contributed by atoms with Crippen molar-refractivity contribution in [3.63, 3.8) is 0 Å². The number of aromatic nitrogens is 4. The Bertz CT molecular complexity index is 803. The van der Waals surface area contributed by atoms with Gasteiger partial charge < -0.3 is 5.73 Å². The average molecular weight is 277 g/mol. The molecular formula is C13H13F2N5. The smallest absolute Gasteiger partial charge is 0.202 e. The van der Waals surface area contributed by atoms with Crippen molar-refractivity contribution in [1.29, 1.82) is 0 Å². The van der Waals surface area contributed by atoms with Gasteiger partial charge in [-0.1, -0.05) is 0 Å². The van der Waals surface area contributed by atoms with Gasteiger partial charge in [-0.15, -0.1) is 0 Å². The Balaban J connectivity index is 2.15. The zero-order chi connectivity index (χ0) is 14.4. The van der Waals surface area contributed by atoms with Gasteiger partial charge in [0.25, 0.3) is 0 Å². The summed E-state index contributed by atoms with van der Waals surface area (Å²) in [6, 6.07) is 3.34. The van der Waals surface area contributed by atoms with E-state index in [1.54, 1.807) is 16.3 Å². The summed E-state index contributed by atoms with van der Waals surface area (Å²) < 4.78 is 30.2. The van der Waals surface area contributed by atoms with Crippen LogP contribution in [0.2, 0.25) is 0 Å². The molecule has 3 aromatic rings. The first kappa shape index (κ1) is 12.6. The van der Waals surface area contributed by atoms with Crippen LogP contribution < -0.4 is 5.73 Å². The fourth-order valence-corrected chi connectivity index (χ4v) is 2.34. The molecule has 0 aliphatic heterocycles.